The molecule has 0 heterocycles. The van der Waals surface area contributed by atoms with E-state index in [9.17, 15) is 4.79 Å². The van der Waals surface area contributed by atoms with Crippen molar-refractivity contribution in [3.8, 4) is 0 Å². The van der Waals surface area contributed by atoms with Crippen LogP contribution in [0.5, 0.6) is 0 Å². The summed E-state index contributed by atoms with van der Waals surface area (Å²) in [6.45, 7) is 0. The van der Waals surface area contributed by atoms with Gasteiger partial charge in [-0.25, -0.2) is 0 Å². The molecule has 0 aromatic heterocycles. The summed E-state index contributed by atoms with van der Waals surface area (Å²) in [5.41, 5.74) is 9.99. The van der Waals surface area contributed by atoms with E-state index < -0.39 is 6.04 Å². The van der Waals surface area contributed by atoms with Gasteiger partial charge in [-0.15, -0.1) is 0 Å². The Hall–Kier alpha value is -1.61. The highest BCUT2D eigenvalue weighted by Gasteiger charge is 2.42. The Bertz CT molecular complexity index is 591. The van der Waals surface area contributed by atoms with Crippen molar-refractivity contribution >= 4 is 5.91 Å². The van der Waals surface area contributed by atoms with Crippen LogP contribution in [0.25, 0.3) is 0 Å². The fourth-order valence-corrected chi connectivity index (χ4v) is 4.80. The smallest absolute Gasteiger partial charge is 0.241 e. The van der Waals surface area contributed by atoms with Gasteiger partial charge in [0.1, 0.15) is 0 Å². The van der Waals surface area contributed by atoms with Crippen LogP contribution in [0.2, 0.25) is 0 Å². The Morgan fingerprint density at radius 3 is 2.45 bits per heavy atom. The summed E-state index contributed by atoms with van der Waals surface area (Å²) in [5.74, 6) is 2.34. The van der Waals surface area contributed by atoms with Gasteiger partial charge in [-0.05, 0) is 67.4 Å². The lowest BCUT2D eigenvalue weighted by atomic mass is 9.60. The van der Waals surface area contributed by atoms with Gasteiger partial charge >= 0.3 is 0 Å². The van der Waals surface area contributed by atoms with Gasteiger partial charge < -0.3 is 11.1 Å². The molecule has 3 heteroatoms. The van der Waals surface area contributed by atoms with Crippen LogP contribution in [0.1, 0.15) is 37.7 Å². The van der Waals surface area contributed by atoms with Crippen molar-refractivity contribution in [3.05, 3.63) is 47.2 Å². The molecule has 4 bridgehead atoms. The second kappa shape index (κ2) is 5.54. The lowest BCUT2D eigenvalue weighted by Crippen LogP contribution is -2.46. The zero-order valence-electron chi connectivity index (χ0n) is 12.9. The number of rotatable bonds is 4. The van der Waals surface area contributed by atoms with Gasteiger partial charge in [0.2, 0.25) is 5.91 Å². The number of carbonyl (C=O) groups is 1. The minimum atomic E-state index is -0.465. The van der Waals surface area contributed by atoms with Crippen molar-refractivity contribution < 1.29 is 4.79 Å². The average Bonchev–Trinajstić information content (AvgIpc) is 2.51. The summed E-state index contributed by atoms with van der Waals surface area (Å²) >= 11 is 0. The van der Waals surface area contributed by atoms with Gasteiger partial charge in [-0.2, -0.15) is 0 Å². The first kappa shape index (κ1) is 14.0. The van der Waals surface area contributed by atoms with Gasteiger partial charge in [-0.3, -0.25) is 4.79 Å². The number of carbonyl (C=O) groups excluding carboxylic acids is 1. The summed E-state index contributed by atoms with van der Waals surface area (Å²) < 4.78 is 0. The van der Waals surface area contributed by atoms with Crippen molar-refractivity contribution in [2.24, 2.45) is 23.5 Å². The first-order valence-corrected chi connectivity index (χ1v) is 8.51. The Morgan fingerprint density at radius 1 is 1.14 bits per heavy atom. The van der Waals surface area contributed by atoms with Gasteiger partial charge in [0.05, 0.1) is 6.04 Å². The molecule has 4 aliphatic carbocycles. The molecule has 3 atom stereocenters. The summed E-state index contributed by atoms with van der Waals surface area (Å²) in [6.07, 6.45) is 6.96. The van der Waals surface area contributed by atoms with E-state index in [1.807, 2.05) is 30.3 Å². The molecule has 0 saturated heterocycles. The standard InChI is InChI=1S/C19H24N2O/c20-17(11-12-4-2-1-3-5-12)19(22)21-18-15-7-13-6-14(9-15)10-16(18)8-13/h1-5,13-15,17H,6-11,20H2,(H,21,22)/t13?,14?,15?,17-/m0/s1. The van der Waals surface area contributed by atoms with Crippen molar-refractivity contribution in [1.29, 1.82) is 0 Å². The SMILES string of the molecule is N[C@@H](Cc1ccccc1)C(=O)NC1=C2CC3CC(C2)CC1C3. The van der Waals surface area contributed by atoms with Gasteiger partial charge in [0.25, 0.3) is 0 Å². The van der Waals surface area contributed by atoms with E-state index in [-0.39, 0.29) is 5.91 Å². The predicted molar refractivity (Wildman–Crippen MR) is 86.8 cm³/mol. The fraction of sp³-hybridized carbons (Fsp3) is 0.526. The third-order valence-corrected chi connectivity index (χ3v) is 5.65. The van der Waals surface area contributed by atoms with Crippen molar-refractivity contribution in [3.63, 3.8) is 0 Å². The van der Waals surface area contributed by atoms with Gasteiger partial charge in [-0.1, -0.05) is 30.3 Å². The van der Waals surface area contributed by atoms with E-state index in [0.29, 0.717) is 12.3 Å². The first-order chi connectivity index (χ1) is 10.7. The van der Waals surface area contributed by atoms with Crippen LogP contribution in [0.15, 0.2) is 41.6 Å². The molecule has 1 aromatic rings. The van der Waals surface area contributed by atoms with Crippen LogP contribution >= 0.6 is 0 Å². The first-order valence-electron chi connectivity index (χ1n) is 8.51. The maximum atomic E-state index is 12.5. The Morgan fingerprint density at radius 2 is 1.82 bits per heavy atom. The monoisotopic (exact) mass is 296 g/mol. The summed E-state index contributed by atoms with van der Waals surface area (Å²) in [4.78, 5) is 12.5. The number of benzene rings is 1. The molecule has 22 heavy (non-hydrogen) atoms. The van der Waals surface area contributed by atoms with Crippen LogP contribution in [-0.2, 0) is 11.2 Å². The maximum absolute atomic E-state index is 12.5. The average molecular weight is 296 g/mol. The van der Waals surface area contributed by atoms with Crippen LogP contribution < -0.4 is 11.1 Å². The minimum absolute atomic E-state index is 0.0150. The topological polar surface area (TPSA) is 55.1 Å². The third kappa shape index (κ3) is 2.58. The Kier molecular flexibility index (Phi) is 3.53. The Labute approximate surface area is 132 Å². The van der Waals surface area contributed by atoms with E-state index >= 15 is 0 Å². The number of hydrogen-bond acceptors (Lipinski definition) is 2. The number of allylic oxidation sites excluding steroid dienone is 2. The zero-order valence-corrected chi connectivity index (χ0v) is 12.9. The highest BCUT2D eigenvalue weighted by atomic mass is 16.2. The molecule has 3 nitrogen and oxygen atoms in total. The zero-order chi connectivity index (χ0) is 15.1. The van der Waals surface area contributed by atoms with Crippen LogP contribution in [0.3, 0.4) is 0 Å². The second-order valence-corrected chi connectivity index (χ2v) is 7.35. The Balaban J connectivity index is 1.44. The molecule has 2 unspecified atom stereocenters. The normalized spacial score (nSPS) is 30.5. The second-order valence-electron chi connectivity index (χ2n) is 7.35. The summed E-state index contributed by atoms with van der Waals surface area (Å²) in [7, 11) is 0. The number of nitrogens with two attached hydrogens (primary N) is 1. The summed E-state index contributed by atoms with van der Waals surface area (Å²) in [6, 6.07) is 9.55. The fourth-order valence-electron chi connectivity index (χ4n) is 4.80. The van der Waals surface area contributed by atoms with Crippen LogP contribution in [0, 0.1) is 17.8 Å². The molecular formula is C19H24N2O. The van der Waals surface area contributed by atoms with E-state index in [4.69, 9.17) is 5.73 Å². The third-order valence-electron chi connectivity index (χ3n) is 5.65. The van der Waals surface area contributed by atoms with Gasteiger partial charge in [0.15, 0.2) is 0 Å². The lowest BCUT2D eigenvalue weighted by molar-refractivity contribution is -0.122. The molecule has 2 fully saturated rings. The molecule has 0 aliphatic heterocycles. The number of hydrogen-bond donors (Lipinski definition) is 2. The van der Waals surface area contributed by atoms with Crippen LogP contribution in [0.4, 0.5) is 0 Å². The highest BCUT2D eigenvalue weighted by molar-refractivity contribution is 5.83. The molecule has 3 N–H and O–H groups in total. The number of amides is 1. The number of nitrogens with one attached hydrogen (secondary N) is 1. The van der Waals surface area contributed by atoms with Crippen molar-refractivity contribution in [2.45, 2.75) is 44.6 Å². The quantitative estimate of drug-likeness (QED) is 0.897. The van der Waals surface area contributed by atoms with E-state index in [0.717, 1.165) is 17.4 Å². The van der Waals surface area contributed by atoms with Crippen LogP contribution in [-0.4, -0.2) is 11.9 Å². The summed E-state index contributed by atoms with van der Waals surface area (Å²) in [5, 5.41) is 3.20. The van der Waals surface area contributed by atoms with E-state index in [2.05, 4.69) is 5.32 Å². The molecule has 2 saturated carbocycles. The van der Waals surface area contributed by atoms with Gasteiger partial charge in [0, 0.05) is 5.70 Å². The predicted octanol–water partition coefficient (Wildman–Crippen LogP) is 2.77. The molecule has 0 spiro atoms. The van der Waals surface area contributed by atoms with Crippen molar-refractivity contribution in [1.82, 2.24) is 5.32 Å². The van der Waals surface area contributed by atoms with Crippen molar-refractivity contribution in [2.75, 3.05) is 0 Å². The minimum Gasteiger partial charge on any atom is -0.328 e. The molecule has 1 aromatic carbocycles. The lowest BCUT2D eigenvalue weighted by Gasteiger charge is -2.47. The highest BCUT2D eigenvalue weighted by Crippen LogP contribution is 2.52. The molecular weight excluding hydrogens is 272 g/mol. The molecule has 5 rings (SSSR count). The van der Waals surface area contributed by atoms with E-state index in [1.54, 1.807) is 0 Å². The molecule has 116 valence electrons. The molecule has 1 amide bonds. The largest absolute Gasteiger partial charge is 0.328 e. The van der Waals surface area contributed by atoms with E-state index in [1.165, 1.54) is 43.4 Å². The molecule has 0 radical (unpaired) electrons. The maximum Gasteiger partial charge on any atom is 0.241 e. The molecule has 4 aliphatic rings.